The largest absolute Gasteiger partial charge is 0.330 e. The molecule has 2 N–H and O–H groups in total. The Hall–Kier alpha value is -0.0900. The molecule has 78 valence electrons. The van der Waals surface area contributed by atoms with E-state index in [0.29, 0.717) is 24.6 Å². The maximum Gasteiger partial charge on any atom is 0.150 e. The van der Waals surface area contributed by atoms with E-state index in [2.05, 4.69) is 0 Å². The molecule has 1 saturated carbocycles. The minimum atomic E-state index is -2.81. The lowest BCUT2D eigenvalue weighted by atomic mass is 10.1. The van der Waals surface area contributed by atoms with Gasteiger partial charge in [-0.2, -0.15) is 0 Å². The highest BCUT2D eigenvalue weighted by atomic mass is 32.2. The minimum absolute atomic E-state index is 0.278. The van der Waals surface area contributed by atoms with E-state index in [9.17, 15) is 8.42 Å². The topological polar surface area (TPSA) is 60.2 Å². The summed E-state index contributed by atoms with van der Waals surface area (Å²) in [5, 5.41) is 0. The van der Waals surface area contributed by atoms with Crippen LogP contribution in [0.25, 0.3) is 0 Å². The Labute approximate surface area is 80.6 Å². The second kappa shape index (κ2) is 4.96. The Bertz CT molecular complexity index is 230. The highest BCUT2D eigenvalue weighted by Crippen LogP contribution is 2.26. The summed E-state index contributed by atoms with van der Waals surface area (Å²) in [5.41, 5.74) is 5.28. The van der Waals surface area contributed by atoms with E-state index in [1.165, 1.54) is 12.8 Å². The van der Waals surface area contributed by atoms with Crippen molar-refractivity contribution in [2.24, 2.45) is 11.7 Å². The van der Waals surface area contributed by atoms with Crippen molar-refractivity contribution in [1.29, 1.82) is 0 Å². The Morgan fingerprint density at radius 2 is 1.85 bits per heavy atom. The zero-order valence-corrected chi connectivity index (χ0v) is 8.85. The van der Waals surface area contributed by atoms with Gasteiger partial charge in [-0.3, -0.25) is 0 Å². The molecule has 1 aliphatic carbocycles. The van der Waals surface area contributed by atoms with E-state index in [1.807, 2.05) is 0 Å². The lowest BCUT2D eigenvalue weighted by Gasteiger charge is -2.08. The average Bonchev–Trinajstić information content (AvgIpc) is 2.52. The smallest absolute Gasteiger partial charge is 0.150 e. The predicted octanol–water partition coefficient (Wildman–Crippen LogP) is 0.940. The fraction of sp³-hybridized carbons (Fsp3) is 1.00. The zero-order valence-electron chi connectivity index (χ0n) is 8.04. The number of hydrogen-bond acceptors (Lipinski definition) is 3. The Balaban J connectivity index is 2.32. The SMILES string of the molecule is NCCCS(=O)(=O)CC1CCCC1. The molecule has 1 fully saturated rings. The fourth-order valence-electron chi connectivity index (χ4n) is 1.92. The van der Waals surface area contributed by atoms with Gasteiger partial charge in [-0.05, 0) is 31.7 Å². The fourth-order valence-corrected chi connectivity index (χ4v) is 3.75. The minimum Gasteiger partial charge on any atom is -0.330 e. The molecule has 0 atom stereocenters. The Morgan fingerprint density at radius 1 is 1.23 bits per heavy atom. The summed E-state index contributed by atoms with van der Waals surface area (Å²) in [6.45, 7) is 0.476. The van der Waals surface area contributed by atoms with Gasteiger partial charge in [0.2, 0.25) is 0 Å². The van der Waals surface area contributed by atoms with Crippen molar-refractivity contribution in [1.82, 2.24) is 0 Å². The quantitative estimate of drug-likeness (QED) is 0.726. The molecule has 0 aromatic heterocycles. The third-order valence-electron chi connectivity index (χ3n) is 2.62. The van der Waals surface area contributed by atoms with Crippen molar-refractivity contribution in [2.45, 2.75) is 32.1 Å². The van der Waals surface area contributed by atoms with Crippen LogP contribution in [0.1, 0.15) is 32.1 Å². The predicted molar refractivity (Wildman–Crippen MR) is 54.3 cm³/mol. The Kier molecular flexibility index (Phi) is 4.19. The van der Waals surface area contributed by atoms with Crippen LogP contribution in [0.2, 0.25) is 0 Å². The summed E-state index contributed by atoms with van der Waals surface area (Å²) in [4.78, 5) is 0. The van der Waals surface area contributed by atoms with Gasteiger partial charge in [-0.25, -0.2) is 8.42 Å². The van der Waals surface area contributed by atoms with Crippen LogP contribution >= 0.6 is 0 Å². The van der Waals surface area contributed by atoms with Gasteiger partial charge in [0, 0.05) is 0 Å². The van der Waals surface area contributed by atoms with E-state index >= 15 is 0 Å². The molecule has 0 aromatic rings. The standard InChI is InChI=1S/C9H19NO2S/c10-6-3-7-13(11,12)8-9-4-1-2-5-9/h9H,1-8,10H2. The molecule has 1 rings (SSSR count). The first-order valence-electron chi connectivity index (χ1n) is 5.04. The maximum absolute atomic E-state index is 11.5. The second-order valence-corrected chi connectivity index (χ2v) is 6.14. The van der Waals surface area contributed by atoms with Crippen molar-refractivity contribution in [3.8, 4) is 0 Å². The van der Waals surface area contributed by atoms with Gasteiger partial charge in [0.15, 0.2) is 9.84 Å². The molecule has 1 aliphatic rings. The molecule has 4 heteroatoms. The number of nitrogens with two attached hydrogens (primary N) is 1. The first kappa shape index (κ1) is 11.0. The lowest BCUT2D eigenvalue weighted by Crippen LogP contribution is -2.19. The van der Waals surface area contributed by atoms with Crippen LogP contribution in [0.4, 0.5) is 0 Å². The van der Waals surface area contributed by atoms with Crippen LogP contribution in [0.15, 0.2) is 0 Å². The van der Waals surface area contributed by atoms with Gasteiger partial charge in [0.05, 0.1) is 11.5 Å². The van der Waals surface area contributed by atoms with E-state index in [1.54, 1.807) is 0 Å². The van der Waals surface area contributed by atoms with E-state index in [0.717, 1.165) is 12.8 Å². The summed E-state index contributed by atoms with van der Waals surface area (Å²) in [7, 11) is -2.81. The molecule has 0 radical (unpaired) electrons. The molecule has 0 bridgehead atoms. The molecule has 0 aliphatic heterocycles. The number of hydrogen-bond donors (Lipinski definition) is 1. The van der Waals surface area contributed by atoms with Crippen molar-refractivity contribution in [3.63, 3.8) is 0 Å². The van der Waals surface area contributed by atoms with Gasteiger partial charge in [-0.15, -0.1) is 0 Å². The van der Waals surface area contributed by atoms with Crippen LogP contribution < -0.4 is 5.73 Å². The second-order valence-electron chi connectivity index (χ2n) is 3.91. The number of sulfone groups is 1. The number of rotatable bonds is 5. The molecule has 0 spiro atoms. The highest BCUT2D eigenvalue weighted by molar-refractivity contribution is 7.91. The van der Waals surface area contributed by atoms with Crippen molar-refractivity contribution < 1.29 is 8.42 Å². The third-order valence-corrected chi connectivity index (χ3v) is 4.51. The average molecular weight is 205 g/mol. The molecule has 0 unspecified atom stereocenters. The third kappa shape index (κ3) is 4.09. The van der Waals surface area contributed by atoms with Gasteiger partial charge >= 0.3 is 0 Å². The highest BCUT2D eigenvalue weighted by Gasteiger charge is 2.21. The molecule has 0 aromatic carbocycles. The van der Waals surface area contributed by atoms with Crippen LogP contribution in [0.3, 0.4) is 0 Å². The molecule has 0 saturated heterocycles. The molecule has 13 heavy (non-hydrogen) atoms. The van der Waals surface area contributed by atoms with Gasteiger partial charge in [-0.1, -0.05) is 12.8 Å². The summed E-state index contributed by atoms with van der Waals surface area (Å²) in [5.74, 6) is 1.11. The molecule has 0 amide bonds. The summed E-state index contributed by atoms with van der Waals surface area (Å²) >= 11 is 0. The zero-order chi connectivity index (χ0) is 9.73. The summed E-state index contributed by atoms with van der Waals surface area (Å²) in [6.07, 6.45) is 5.22. The molecular formula is C9H19NO2S. The molecule has 3 nitrogen and oxygen atoms in total. The first-order valence-corrected chi connectivity index (χ1v) is 6.87. The van der Waals surface area contributed by atoms with Crippen molar-refractivity contribution in [3.05, 3.63) is 0 Å². The summed E-state index contributed by atoms with van der Waals surface area (Å²) in [6, 6.07) is 0. The van der Waals surface area contributed by atoms with Crippen molar-refractivity contribution in [2.75, 3.05) is 18.1 Å². The van der Waals surface area contributed by atoms with Crippen LogP contribution in [-0.4, -0.2) is 26.5 Å². The lowest BCUT2D eigenvalue weighted by molar-refractivity contribution is 0.557. The molecule has 0 heterocycles. The summed E-state index contributed by atoms with van der Waals surface area (Å²) < 4.78 is 23.0. The van der Waals surface area contributed by atoms with Crippen LogP contribution in [0.5, 0.6) is 0 Å². The first-order chi connectivity index (χ1) is 6.14. The van der Waals surface area contributed by atoms with Gasteiger partial charge in [0.25, 0.3) is 0 Å². The molecular weight excluding hydrogens is 186 g/mol. The van der Waals surface area contributed by atoms with Gasteiger partial charge in [0.1, 0.15) is 0 Å². The van der Waals surface area contributed by atoms with E-state index in [-0.39, 0.29) is 5.75 Å². The van der Waals surface area contributed by atoms with Gasteiger partial charge < -0.3 is 5.73 Å². The Morgan fingerprint density at radius 3 is 2.38 bits per heavy atom. The van der Waals surface area contributed by atoms with E-state index < -0.39 is 9.84 Å². The van der Waals surface area contributed by atoms with Crippen LogP contribution in [0, 0.1) is 5.92 Å². The van der Waals surface area contributed by atoms with Crippen molar-refractivity contribution >= 4 is 9.84 Å². The van der Waals surface area contributed by atoms with E-state index in [4.69, 9.17) is 5.73 Å². The maximum atomic E-state index is 11.5. The monoisotopic (exact) mass is 205 g/mol. The van der Waals surface area contributed by atoms with Crippen LogP contribution in [-0.2, 0) is 9.84 Å². The normalized spacial score (nSPS) is 19.5.